The zero-order valence-corrected chi connectivity index (χ0v) is 9.81. The Kier molecular flexibility index (Phi) is 3.25. The Morgan fingerprint density at radius 1 is 0.941 bits per heavy atom. The van der Waals surface area contributed by atoms with Crippen molar-refractivity contribution in [2.75, 3.05) is 0 Å². The molecule has 0 aliphatic rings. The van der Waals surface area contributed by atoms with Gasteiger partial charge in [0.2, 0.25) is 0 Å². The summed E-state index contributed by atoms with van der Waals surface area (Å²) in [5, 5.41) is 0. The fourth-order valence-corrected chi connectivity index (χ4v) is 1.92. The molecule has 0 bridgehead atoms. The van der Waals surface area contributed by atoms with Gasteiger partial charge in [-0.1, -0.05) is 60.7 Å². The number of halogens is 1. The Hall–Kier alpha value is -1.67. The Morgan fingerprint density at radius 3 is 1.94 bits per heavy atom. The normalized spacial score (nSPS) is 16.2. The molecule has 2 atom stereocenters. The molecule has 2 heteroatoms. The zero-order chi connectivity index (χ0) is 12.3. The monoisotopic (exact) mass is 229 g/mol. The quantitative estimate of drug-likeness (QED) is 0.855. The van der Waals surface area contributed by atoms with Gasteiger partial charge in [0.15, 0.2) is 5.67 Å². The zero-order valence-electron chi connectivity index (χ0n) is 9.81. The lowest BCUT2D eigenvalue weighted by Crippen LogP contribution is -2.31. The SMILES string of the molecule is CC(F)(c1ccccc1)C(N)c1ccccc1. The summed E-state index contributed by atoms with van der Waals surface area (Å²) in [5.41, 5.74) is 5.88. The van der Waals surface area contributed by atoms with E-state index in [-0.39, 0.29) is 0 Å². The molecule has 0 aliphatic carbocycles. The number of benzene rings is 2. The van der Waals surface area contributed by atoms with Crippen molar-refractivity contribution in [1.82, 2.24) is 0 Å². The van der Waals surface area contributed by atoms with Gasteiger partial charge in [0.1, 0.15) is 0 Å². The fourth-order valence-electron chi connectivity index (χ4n) is 1.92. The maximum atomic E-state index is 14.8. The summed E-state index contributed by atoms with van der Waals surface area (Å²) in [6, 6.07) is 17.7. The predicted octanol–water partition coefficient (Wildman–Crippen LogP) is 3.57. The lowest BCUT2D eigenvalue weighted by Gasteiger charge is -2.28. The summed E-state index contributed by atoms with van der Waals surface area (Å²) >= 11 is 0. The van der Waals surface area contributed by atoms with Crippen molar-refractivity contribution >= 4 is 0 Å². The standard InChI is InChI=1S/C15H16FN/c1-15(16,13-10-6-3-7-11-13)14(17)12-8-4-2-5-9-12/h2-11,14H,17H2,1H3. The third-order valence-corrected chi connectivity index (χ3v) is 3.08. The first-order chi connectivity index (χ1) is 8.12. The van der Waals surface area contributed by atoms with Crippen LogP contribution < -0.4 is 5.73 Å². The summed E-state index contributed by atoms with van der Waals surface area (Å²) in [4.78, 5) is 0. The van der Waals surface area contributed by atoms with Gasteiger partial charge < -0.3 is 5.73 Å². The van der Waals surface area contributed by atoms with E-state index in [0.717, 1.165) is 5.56 Å². The molecule has 88 valence electrons. The summed E-state index contributed by atoms with van der Waals surface area (Å²) in [6.45, 7) is 1.53. The molecule has 0 aliphatic heterocycles. The summed E-state index contributed by atoms with van der Waals surface area (Å²) in [7, 11) is 0. The van der Waals surface area contributed by atoms with Gasteiger partial charge in [0.05, 0.1) is 6.04 Å². The van der Waals surface area contributed by atoms with E-state index in [2.05, 4.69) is 0 Å². The molecule has 2 aromatic rings. The van der Waals surface area contributed by atoms with Crippen molar-refractivity contribution < 1.29 is 4.39 Å². The van der Waals surface area contributed by atoms with E-state index in [1.165, 1.54) is 6.92 Å². The van der Waals surface area contributed by atoms with Crippen molar-refractivity contribution in [3.05, 3.63) is 71.8 Å². The predicted molar refractivity (Wildman–Crippen MR) is 68.3 cm³/mol. The highest BCUT2D eigenvalue weighted by molar-refractivity contribution is 5.29. The first-order valence-electron chi connectivity index (χ1n) is 5.67. The minimum absolute atomic E-state index is 0.608. The van der Waals surface area contributed by atoms with Crippen LogP contribution in [0.5, 0.6) is 0 Å². The van der Waals surface area contributed by atoms with Crippen LogP contribution in [0.25, 0.3) is 0 Å². The van der Waals surface area contributed by atoms with E-state index in [1.54, 1.807) is 12.1 Å². The van der Waals surface area contributed by atoms with Crippen LogP contribution in [0, 0.1) is 0 Å². The van der Waals surface area contributed by atoms with Crippen LogP contribution in [0.4, 0.5) is 4.39 Å². The summed E-state index contributed by atoms with van der Waals surface area (Å²) in [5.74, 6) is 0. The van der Waals surface area contributed by atoms with E-state index in [4.69, 9.17) is 5.73 Å². The molecule has 0 heterocycles. The van der Waals surface area contributed by atoms with E-state index in [1.807, 2.05) is 48.5 Å². The number of hydrogen-bond acceptors (Lipinski definition) is 1. The van der Waals surface area contributed by atoms with Gasteiger partial charge >= 0.3 is 0 Å². The van der Waals surface area contributed by atoms with Gasteiger partial charge in [0, 0.05) is 0 Å². The Labute approximate surface area is 101 Å². The summed E-state index contributed by atoms with van der Waals surface area (Å²) in [6.07, 6.45) is 0. The molecule has 0 saturated carbocycles. The molecule has 0 saturated heterocycles. The Morgan fingerprint density at radius 2 is 1.41 bits per heavy atom. The fraction of sp³-hybridized carbons (Fsp3) is 0.200. The molecular weight excluding hydrogens is 213 g/mol. The lowest BCUT2D eigenvalue weighted by atomic mass is 9.86. The van der Waals surface area contributed by atoms with E-state index < -0.39 is 11.7 Å². The largest absolute Gasteiger partial charge is 0.321 e. The maximum absolute atomic E-state index is 14.8. The van der Waals surface area contributed by atoms with Crippen LogP contribution in [0.3, 0.4) is 0 Å². The first-order valence-corrected chi connectivity index (χ1v) is 5.67. The van der Waals surface area contributed by atoms with Crippen LogP contribution in [0.2, 0.25) is 0 Å². The van der Waals surface area contributed by atoms with Gasteiger partial charge in [-0.05, 0) is 18.1 Å². The highest BCUT2D eigenvalue weighted by Crippen LogP contribution is 2.36. The van der Waals surface area contributed by atoms with Crippen LogP contribution in [0.15, 0.2) is 60.7 Å². The van der Waals surface area contributed by atoms with E-state index in [9.17, 15) is 4.39 Å². The minimum Gasteiger partial charge on any atom is -0.321 e. The Bertz CT molecular complexity index is 465. The molecule has 2 unspecified atom stereocenters. The van der Waals surface area contributed by atoms with Gasteiger partial charge in [-0.3, -0.25) is 0 Å². The van der Waals surface area contributed by atoms with Crippen molar-refractivity contribution in [2.24, 2.45) is 5.73 Å². The van der Waals surface area contributed by atoms with Crippen molar-refractivity contribution in [2.45, 2.75) is 18.6 Å². The molecule has 0 fully saturated rings. The topological polar surface area (TPSA) is 26.0 Å². The molecule has 0 radical (unpaired) electrons. The number of nitrogens with two attached hydrogens (primary N) is 1. The highest BCUT2D eigenvalue weighted by atomic mass is 19.1. The van der Waals surface area contributed by atoms with Crippen LogP contribution in [-0.4, -0.2) is 0 Å². The second kappa shape index (κ2) is 4.68. The maximum Gasteiger partial charge on any atom is 0.152 e. The van der Waals surface area contributed by atoms with Gasteiger partial charge in [-0.25, -0.2) is 4.39 Å². The molecule has 0 spiro atoms. The molecule has 0 amide bonds. The average Bonchev–Trinajstić information content (AvgIpc) is 2.40. The highest BCUT2D eigenvalue weighted by Gasteiger charge is 2.34. The number of rotatable bonds is 3. The summed E-state index contributed by atoms with van der Waals surface area (Å²) < 4.78 is 14.8. The average molecular weight is 229 g/mol. The molecular formula is C15H16FN. The molecule has 17 heavy (non-hydrogen) atoms. The molecule has 2 N–H and O–H groups in total. The molecule has 0 aromatic heterocycles. The number of alkyl halides is 1. The molecule has 1 nitrogen and oxygen atoms in total. The third kappa shape index (κ3) is 2.37. The van der Waals surface area contributed by atoms with Gasteiger partial charge in [-0.15, -0.1) is 0 Å². The Balaban J connectivity index is 2.33. The van der Waals surface area contributed by atoms with Crippen LogP contribution in [-0.2, 0) is 5.67 Å². The molecule has 2 aromatic carbocycles. The van der Waals surface area contributed by atoms with Gasteiger partial charge in [-0.2, -0.15) is 0 Å². The smallest absolute Gasteiger partial charge is 0.152 e. The molecule has 2 rings (SSSR count). The number of hydrogen-bond donors (Lipinski definition) is 1. The second-order valence-electron chi connectivity index (χ2n) is 4.33. The first kappa shape index (κ1) is 11.8. The van der Waals surface area contributed by atoms with Crippen molar-refractivity contribution in [3.8, 4) is 0 Å². The van der Waals surface area contributed by atoms with Crippen molar-refractivity contribution in [3.63, 3.8) is 0 Å². The van der Waals surface area contributed by atoms with Crippen LogP contribution in [0.1, 0.15) is 24.1 Å². The second-order valence-corrected chi connectivity index (χ2v) is 4.33. The van der Waals surface area contributed by atoms with E-state index in [0.29, 0.717) is 5.56 Å². The third-order valence-electron chi connectivity index (χ3n) is 3.08. The minimum atomic E-state index is -1.57. The van der Waals surface area contributed by atoms with Crippen molar-refractivity contribution in [1.29, 1.82) is 0 Å². The van der Waals surface area contributed by atoms with E-state index >= 15 is 0 Å². The van der Waals surface area contributed by atoms with Gasteiger partial charge in [0.25, 0.3) is 0 Å². The van der Waals surface area contributed by atoms with Crippen LogP contribution >= 0.6 is 0 Å². The lowest BCUT2D eigenvalue weighted by molar-refractivity contribution is 0.149.